The van der Waals surface area contributed by atoms with Crippen molar-refractivity contribution in [2.45, 2.75) is 25.2 Å². The number of sulfonamides is 1. The van der Waals surface area contributed by atoms with Crippen molar-refractivity contribution in [1.82, 2.24) is 9.97 Å². The summed E-state index contributed by atoms with van der Waals surface area (Å²) in [7, 11) is -3.31. The molecule has 102 valence electrons. The van der Waals surface area contributed by atoms with Crippen LogP contribution in [-0.4, -0.2) is 23.0 Å². The molecular weight excluding hydrogens is 330 g/mol. The molecule has 0 aliphatic heterocycles. The maximum atomic E-state index is 11.5. The lowest BCUT2D eigenvalue weighted by Gasteiger charge is -2.22. The molecule has 7 heteroatoms. The molecule has 3 rings (SSSR count). The Hall–Kier alpha value is -1.08. The van der Waals surface area contributed by atoms with Crippen LogP contribution in [0.25, 0.3) is 11.0 Å². The van der Waals surface area contributed by atoms with Crippen molar-refractivity contribution < 1.29 is 8.42 Å². The van der Waals surface area contributed by atoms with Gasteiger partial charge in [-0.3, -0.25) is 4.72 Å². The molecule has 5 nitrogen and oxygen atoms in total. The van der Waals surface area contributed by atoms with Gasteiger partial charge in [0.05, 0.1) is 16.7 Å². The van der Waals surface area contributed by atoms with Crippen molar-refractivity contribution in [1.29, 1.82) is 0 Å². The van der Waals surface area contributed by atoms with Gasteiger partial charge in [-0.2, -0.15) is 0 Å². The summed E-state index contributed by atoms with van der Waals surface area (Å²) in [5.41, 5.74) is 2.30. The number of alkyl halides is 1. The third-order valence-electron chi connectivity index (χ3n) is 3.41. The molecule has 0 saturated heterocycles. The van der Waals surface area contributed by atoms with E-state index < -0.39 is 10.0 Å². The van der Waals surface area contributed by atoms with Gasteiger partial charge in [-0.1, -0.05) is 22.4 Å². The van der Waals surface area contributed by atoms with Gasteiger partial charge in [0, 0.05) is 5.92 Å². The molecule has 19 heavy (non-hydrogen) atoms. The molecule has 1 aliphatic rings. The van der Waals surface area contributed by atoms with Crippen molar-refractivity contribution >= 4 is 42.7 Å². The van der Waals surface area contributed by atoms with E-state index in [-0.39, 0.29) is 4.66 Å². The van der Waals surface area contributed by atoms with Gasteiger partial charge in [-0.15, -0.1) is 0 Å². The van der Waals surface area contributed by atoms with E-state index in [9.17, 15) is 8.42 Å². The van der Waals surface area contributed by atoms with E-state index in [2.05, 4.69) is 30.6 Å². The lowest BCUT2D eigenvalue weighted by molar-refractivity contribution is 0.405. The summed E-state index contributed by atoms with van der Waals surface area (Å²) in [6, 6.07) is 5.35. The molecule has 2 aromatic rings. The number of halogens is 1. The third-order valence-corrected chi connectivity index (χ3v) is 6.05. The standard InChI is InChI=1S/C12H14BrN3O2S/c13-7-19(17,18)16-9-4-5-10-11(6-9)15-12(14-10)8-2-1-3-8/h4-6,8,16H,1-3,7H2,(H,14,15). The van der Waals surface area contributed by atoms with E-state index in [4.69, 9.17) is 0 Å². The number of aromatic nitrogens is 2. The van der Waals surface area contributed by atoms with Crippen LogP contribution in [0.4, 0.5) is 5.69 Å². The van der Waals surface area contributed by atoms with E-state index >= 15 is 0 Å². The van der Waals surface area contributed by atoms with Crippen LogP contribution in [-0.2, 0) is 10.0 Å². The molecule has 0 unspecified atom stereocenters. The van der Waals surface area contributed by atoms with Gasteiger partial charge in [0.1, 0.15) is 10.5 Å². The number of fused-ring (bicyclic) bond motifs is 1. The predicted molar refractivity (Wildman–Crippen MR) is 79.0 cm³/mol. The Morgan fingerprint density at radius 1 is 1.42 bits per heavy atom. The summed E-state index contributed by atoms with van der Waals surface area (Å²) in [5, 5.41) is 0. The number of benzene rings is 1. The van der Waals surface area contributed by atoms with Crippen LogP contribution < -0.4 is 4.72 Å². The van der Waals surface area contributed by atoms with Gasteiger partial charge < -0.3 is 4.98 Å². The van der Waals surface area contributed by atoms with Crippen LogP contribution in [0.1, 0.15) is 31.0 Å². The van der Waals surface area contributed by atoms with Crippen LogP contribution in [0, 0.1) is 0 Å². The number of hydrogen-bond donors (Lipinski definition) is 2. The smallest absolute Gasteiger partial charge is 0.242 e. The Balaban J connectivity index is 1.92. The monoisotopic (exact) mass is 343 g/mol. The molecule has 0 amide bonds. The first-order chi connectivity index (χ1) is 9.07. The van der Waals surface area contributed by atoms with Crippen molar-refractivity contribution in [3.63, 3.8) is 0 Å². The van der Waals surface area contributed by atoms with Gasteiger partial charge in [-0.05, 0) is 31.0 Å². The number of rotatable bonds is 4. The zero-order chi connectivity index (χ0) is 13.5. The second-order valence-electron chi connectivity index (χ2n) is 4.81. The average molecular weight is 344 g/mol. The lowest BCUT2D eigenvalue weighted by atomic mass is 9.85. The van der Waals surface area contributed by atoms with Crippen molar-refractivity contribution in [3.05, 3.63) is 24.0 Å². The minimum atomic E-state index is -3.31. The third kappa shape index (κ3) is 2.62. The molecule has 1 heterocycles. The summed E-state index contributed by atoms with van der Waals surface area (Å²) >= 11 is 2.95. The fourth-order valence-corrected chi connectivity index (χ4v) is 3.06. The molecule has 0 bridgehead atoms. The molecule has 1 saturated carbocycles. The van der Waals surface area contributed by atoms with Gasteiger partial charge in [0.15, 0.2) is 0 Å². The highest BCUT2D eigenvalue weighted by Gasteiger charge is 2.22. The Morgan fingerprint density at radius 3 is 2.84 bits per heavy atom. The first-order valence-electron chi connectivity index (χ1n) is 6.13. The molecular formula is C12H14BrN3O2S. The summed E-state index contributed by atoms with van der Waals surface area (Å²) in [6.07, 6.45) is 3.63. The molecule has 1 fully saturated rings. The fraction of sp³-hybridized carbons (Fsp3) is 0.417. The van der Waals surface area contributed by atoms with E-state index in [1.807, 2.05) is 6.07 Å². The predicted octanol–water partition coefficient (Wildman–Crippen LogP) is 2.92. The van der Waals surface area contributed by atoms with Crippen LogP contribution >= 0.6 is 15.9 Å². The van der Waals surface area contributed by atoms with E-state index in [0.717, 1.165) is 16.9 Å². The quantitative estimate of drug-likeness (QED) is 0.838. The second kappa shape index (κ2) is 4.79. The van der Waals surface area contributed by atoms with E-state index in [0.29, 0.717) is 11.6 Å². The van der Waals surface area contributed by atoms with Crippen molar-refractivity contribution in [2.24, 2.45) is 0 Å². The second-order valence-corrected chi connectivity index (χ2v) is 7.83. The van der Waals surface area contributed by atoms with Crippen molar-refractivity contribution in [2.75, 3.05) is 9.38 Å². The summed E-state index contributed by atoms with van der Waals surface area (Å²) in [4.78, 5) is 7.83. The number of nitrogens with zero attached hydrogens (tertiary/aromatic N) is 1. The highest BCUT2D eigenvalue weighted by atomic mass is 79.9. The van der Waals surface area contributed by atoms with Gasteiger partial charge in [0.2, 0.25) is 10.0 Å². The first kappa shape index (κ1) is 12.9. The summed E-state index contributed by atoms with van der Waals surface area (Å²) < 4.78 is 25.4. The number of hydrogen-bond acceptors (Lipinski definition) is 3. The van der Waals surface area contributed by atoms with Crippen LogP contribution in [0.5, 0.6) is 0 Å². The topological polar surface area (TPSA) is 74.8 Å². The maximum Gasteiger partial charge on any atom is 0.242 e. The minimum absolute atomic E-state index is 0.117. The number of aromatic amines is 1. The first-order valence-corrected chi connectivity index (χ1v) is 8.91. The Morgan fingerprint density at radius 2 is 2.21 bits per heavy atom. The Labute approximate surface area is 120 Å². The molecule has 0 atom stereocenters. The summed E-state index contributed by atoms with van der Waals surface area (Å²) in [6.45, 7) is 0. The van der Waals surface area contributed by atoms with Gasteiger partial charge in [0.25, 0.3) is 0 Å². The Kier molecular flexibility index (Phi) is 3.26. The maximum absolute atomic E-state index is 11.5. The van der Waals surface area contributed by atoms with Crippen LogP contribution in [0.3, 0.4) is 0 Å². The molecule has 1 aliphatic carbocycles. The number of H-pyrrole nitrogens is 1. The average Bonchev–Trinajstić information content (AvgIpc) is 2.68. The van der Waals surface area contributed by atoms with Crippen LogP contribution in [0.2, 0.25) is 0 Å². The minimum Gasteiger partial charge on any atom is -0.342 e. The highest BCUT2D eigenvalue weighted by Crippen LogP contribution is 2.35. The number of nitrogens with one attached hydrogen (secondary N) is 2. The van der Waals surface area contributed by atoms with Gasteiger partial charge in [-0.25, -0.2) is 13.4 Å². The number of anilines is 1. The molecule has 0 spiro atoms. The molecule has 1 aromatic carbocycles. The van der Waals surface area contributed by atoms with E-state index in [1.165, 1.54) is 19.3 Å². The zero-order valence-corrected chi connectivity index (χ0v) is 12.6. The molecule has 1 aromatic heterocycles. The summed E-state index contributed by atoms with van der Waals surface area (Å²) in [5.74, 6) is 1.55. The molecule has 2 N–H and O–H groups in total. The molecule has 0 radical (unpaired) electrons. The van der Waals surface area contributed by atoms with Crippen LogP contribution in [0.15, 0.2) is 18.2 Å². The SMILES string of the molecule is O=S(=O)(CBr)Nc1ccc2nc(C3CCC3)[nH]c2c1. The van der Waals surface area contributed by atoms with Crippen molar-refractivity contribution in [3.8, 4) is 0 Å². The normalized spacial score (nSPS) is 16.5. The Bertz CT molecular complexity index is 707. The zero-order valence-electron chi connectivity index (χ0n) is 10.2. The highest BCUT2D eigenvalue weighted by molar-refractivity contribution is 9.10. The van der Waals surface area contributed by atoms with E-state index in [1.54, 1.807) is 12.1 Å². The lowest BCUT2D eigenvalue weighted by Crippen LogP contribution is -2.12. The fourth-order valence-electron chi connectivity index (χ4n) is 2.17. The van der Waals surface area contributed by atoms with Gasteiger partial charge >= 0.3 is 0 Å². The number of imidazole rings is 1. The largest absolute Gasteiger partial charge is 0.342 e.